The topological polar surface area (TPSA) is 34.0 Å². The molecule has 0 unspecified atom stereocenters. The Morgan fingerprint density at radius 1 is 1.35 bits per heavy atom. The quantitative estimate of drug-likeness (QED) is 0.812. The highest BCUT2D eigenvalue weighted by Gasteiger charge is 2.19. The van der Waals surface area contributed by atoms with Gasteiger partial charge in [-0.3, -0.25) is 4.98 Å². The van der Waals surface area contributed by atoms with Crippen LogP contribution in [0.5, 0.6) is 0 Å². The monoisotopic (exact) mass is 292 g/mol. The molecule has 0 amide bonds. The Hall–Kier alpha value is -1.13. The van der Waals surface area contributed by atoms with E-state index in [1.165, 1.54) is 31.4 Å². The molecular weight excluding hydrogens is 272 g/mol. The van der Waals surface area contributed by atoms with Crippen LogP contribution >= 0.6 is 11.6 Å². The van der Waals surface area contributed by atoms with E-state index >= 15 is 0 Å². The molecule has 108 valence electrons. The number of rotatable bonds is 4. The molecule has 3 rings (SSSR count). The van der Waals surface area contributed by atoms with Crippen molar-refractivity contribution in [3.05, 3.63) is 24.3 Å². The highest BCUT2D eigenvalue weighted by Crippen LogP contribution is 2.23. The lowest BCUT2D eigenvalue weighted by molar-refractivity contribution is 0.205. The second-order valence-corrected chi connectivity index (χ2v) is 6.07. The van der Waals surface area contributed by atoms with E-state index < -0.39 is 0 Å². The number of halogens is 1. The summed E-state index contributed by atoms with van der Waals surface area (Å²) in [4.78, 5) is 11.3. The van der Waals surface area contributed by atoms with Gasteiger partial charge in [-0.05, 0) is 45.0 Å². The number of likely N-dealkylation sites (tertiary alicyclic amines) is 1. The number of piperidine rings is 1. The zero-order chi connectivity index (χ0) is 13.9. The fourth-order valence-corrected chi connectivity index (χ4v) is 3.18. The Labute approximate surface area is 124 Å². The molecule has 2 aromatic heterocycles. The molecule has 0 bridgehead atoms. The summed E-state index contributed by atoms with van der Waals surface area (Å²) in [6.07, 6.45) is 7.05. The zero-order valence-corrected chi connectivity index (χ0v) is 12.7. The summed E-state index contributed by atoms with van der Waals surface area (Å²) >= 11 is 5.92. The smallest absolute Gasteiger partial charge is 0.111 e. The Morgan fingerprint density at radius 2 is 2.15 bits per heavy atom. The minimum Gasteiger partial charge on any atom is -0.328 e. The molecule has 0 aliphatic carbocycles. The number of alkyl halides is 1. The van der Waals surface area contributed by atoms with E-state index in [0.717, 1.165) is 30.2 Å². The lowest BCUT2D eigenvalue weighted by Crippen LogP contribution is -2.32. The van der Waals surface area contributed by atoms with Crippen LogP contribution in [0.4, 0.5) is 0 Å². The van der Waals surface area contributed by atoms with E-state index in [0.29, 0.717) is 5.88 Å². The summed E-state index contributed by atoms with van der Waals surface area (Å²) in [5, 5.41) is 0. The summed E-state index contributed by atoms with van der Waals surface area (Å²) in [6.45, 7) is 3.45. The highest BCUT2D eigenvalue weighted by molar-refractivity contribution is 6.17. The van der Waals surface area contributed by atoms with E-state index in [1.54, 1.807) is 0 Å². The fourth-order valence-electron chi connectivity index (χ4n) is 3.01. The van der Waals surface area contributed by atoms with Crippen LogP contribution in [0.15, 0.2) is 18.5 Å². The van der Waals surface area contributed by atoms with Crippen molar-refractivity contribution in [1.82, 2.24) is 19.4 Å². The molecule has 2 aromatic rings. The van der Waals surface area contributed by atoms with Crippen molar-refractivity contribution in [2.75, 3.05) is 26.0 Å². The highest BCUT2D eigenvalue weighted by atomic mass is 35.5. The number of pyridine rings is 1. The van der Waals surface area contributed by atoms with Gasteiger partial charge in [-0.15, -0.1) is 11.6 Å². The summed E-state index contributed by atoms with van der Waals surface area (Å²) in [6, 6.07) is 2.06. The Balaban J connectivity index is 1.86. The summed E-state index contributed by atoms with van der Waals surface area (Å²) in [5.74, 6) is 2.46. The molecule has 0 atom stereocenters. The van der Waals surface area contributed by atoms with Gasteiger partial charge in [-0.25, -0.2) is 4.98 Å². The molecule has 0 radical (unpaired) electrons. The Morgan fingerprint density at radius 3 is 2.90 bits per heavy atom. The van der Waals surface area contributed by atoms with Crippen LogP contribution in [0.1, 0.15) is 18.7 Å². The third-order valence-electron chi connectivity index (χ3n) is 4.23. The van der Waals surface area contributed by atoms with Crippen molar-refractivity contribution >= 4 is 22.6 Å². The van der Waals surface area contributed by atoms with Gasteiger partial charge in [-0.1, -0.05) is 0 Å². The summed E-state index contributed by atoms with van der Waals surface area (Å²) < 4.78 is 2.36. The minimum atomic E-state index is 0.615. The van der Waals surface area contributed by atoms with Gasteiger partial charge in [0.15, 0.2) is 0 Å². The molecule has 20 heavy (non-hydrogen) atoms. The lowest BCUT2D eigenvalue weighted by atomic mass is 9.97. The van der Waals surface area contributed by atoms with Crippen LogP contribution in [0.25, 0.3) is 11.0 Å². The van der Waals surface area contributed by atoms with Gasteiger partial charge in [0.1, 0.15) is 11.3 Å². The first-order valence-electron chi connectivity index (χ1n) is 7.31. The molecule has 5 heteroatoms. The van der Waals surface area contributed by atoms with Gasteiger partial charge in [0.05, 0.1) is 11.7 Å². The van der Waals surface area contributed by atoms with Crippen LogP contribution in [-0.2, 0) is 13.0 Å². The number of nitrogens with zero attached hydrogens (tertiary/aromatic N) is 4. The number of fused-ring (bicyclic) bond motifs is 1. The second-order valence-electron chi connectivity index (χ2n) is 5.69. The molecule has 1 aliphatic heterocycles. The molecule has 0 aromatic carbocycles. The number of aryl methyl sites for hydroxylation is 1. The van der Waals surface area contributed by atoms with E-state index in [4.69, 9.17) is 11.6 Å². The largest absolute Gasteiger partial charge is 0.328 e. The SMILES string of the molecule is CN1CCC(Cn2c(CCCl)nc3cnccc32)CC1. The normalized spacial score (nSPS) is 17.9. The van der Waals surface area contributed by atoms with Crippen LogP contribution < -0.4 is 0 Å². The molecule has 1 fully saturated rings. The number of hydrogen-bond donors (Lipinski definition) is 0. The molecule has 4 nitrogen and oxygen atoms in total. The maximum atomic E-state index is 5.92. The predicted octanol–water partition coefficient (Wildman–Crippen LogP) is 2.55. The van der Waals surface area contributed by atoms with Crippen molar-refractivity contribution in [2.24, 2.45) is 5.92 Å². The molecule has 0 N–H and O–H groups in total. The second kappa shape index (κ2) is 6.10. The van der Waals surface area contributed by atoms with Crippen molar-refractivity contribution in [3.8, 4) is 0 Å². The fraction of sp³-hybridized carbons (Fsp3) is 0.600. The molecule has 0 spiro atoms. The number of aromatic nitrogens is 3. The first kappa shape index (κ1) is 13.8. The van der Waals surface area contributed by atoms with Crippen LogP contribution in [0.2, 0.25) is 0 Å². The zero-order valence-electron chi connectivity index (χ0n) is 11.9. The molecule has 1 aliphatic rings. The standard InChI is InChI=1S/C15H21ClN4/c1-19-8-4-12(5-9-19)11-20-14-3-7-17-10-13(14)18-15(20)2-6-16/h3,7,10,12H,2,4-6,8-9,11H2,1H3. The van der Waals surface area contributed by atoms with Crippen LogP contribution in [0, 0.1) is 5.92 Å². The van der Waals surface area contributed by atoms with Crippen LogP contribution in [0.3, 0.4) is 0 Å². The average Bonchev–Trinajstić information content (AvgIpc) is 2.80. The molecule has 3 heterocycles. The molecule has 1 saturated heterocycles. The van der Waals surface area contributed by atoms with Gasteiger partial charge in [0.25, 0.3) is 0 Å². The maximum Gasteiger partial charge on any atom is 0.111 e. The Bertz CT molecular complexity index is 572. The van der Waals surface area contributed by atoms with Crippen molar-refractivity contribution < 1.29 is 0 Å². The summed E-state index contributed by atoms with van der Waals surface area (Å²) in [7, 11) is 2.20. The van der Waals surface area contributed by atoms with Crippen molar-refractivity contribution in [2.45, 2.75) is 25.8 Å². The first-order valence-corrected chi connectivity index (χ1v) is 7.85. The third-order valence-corrected chi connectivity index (χ3v) is 4.42. The average molecular weight is 293 g/mol. The Kier molecular flexibility index (Phi) is 4.22. The summed E-state index contributed by atoms with van der Waals surface area (Å²) in [5.41, 5.74) is 2.18. The minimum absolute atomic E-state index is 0.615. The first-order chi connectivity index (χ1) is 9.78. The third kappa shape index (κ3) is 2.81. The molecule has 0 saturated carbocycles. The van der Waals surface area contributed by atoms with Crippen molar-refractivity contribution in [1.29, 1.82) is 0 Å². The molecular formula is C15H21ClN4. The van der Waals surface area contributed by atoms with E-state index in [2.05, 4.69) is 32.5 Å². The van der Waals surface area contributed by atoms with E-state index in [9.17, 15) is 0 Å². The van der Waals surface area contributed by atoms with Gasteiger partial charge in [0, 0.05) is 25.0 Å². The van der Waals surface area contributed by atoms with E-state index in [1.807, 2.05) is 12.4 Å². The maximum absolute atomic E-state index is 5.92. The lowest BCUT2D eigenvalue weighted by Gasteiger charge is -2.29. The van der Waals surface area contributed by atoms with Gasteiger partial charge < -0.3 is 9.47 Å². The van der Waals surface area contributed by atoms with Gasteiger partial charge in [-0.2, -0.15) is 0 Å². The van der Waals surface area contributed by atoms with Crippen LogP contribution in [-0.4, -0.2) is 45.5 Å². The van der Waals surface area contributed by atoms with Crippen molar-refractivity contribution in [3.63, 3.8) is 0 Å². The number of hydrogen-bond acceptors (Lipinski definition) is 3. The van der Waals surface area contributed by atoms with Gasteiger partial charge >= 0.3 is 0 Å². The van der Waals surface area contributed by atoms with Gasteiger partial charge in [0.2, 0.25) is 0 Å². The van der Waals surface area contributed by atoms with E-state index in [-0.39, 0.29) is 0 Å². The predicted molar refractivity (Wildman–Crippen MR) is 82.2 cm³/mol. The number of imidazole rings is 1.